The number of likely N-dealkylation sites (N-methyl/N-ethyl adjacent to an activating group) is 1. The summed E-state index contributed by atoms with van der Waals surface area (Å²) in [6.07, 6.45) is 13.8. The molecule has 0 spiro atoms. The van der Waals surface area contributed by atoms with Crippen LogP contribution in [0.5, 0.6) is 0 Å². The van der Waals surface area contributed by atoms with E-state index in [1.807, 2.05) is 19.2 Å². The molecule has 0 aromatic rings. The van der Waals surface area contributed by atoms with Gasteiger partial charge in [-0.05, 0) is 30.4 Å². The van der Waals surface area contributed by atoms with Crippen molar-refractivity contribution in [2.24, 2.45) is 5.92 Å². The van der Waals surface area contributed by atoms with Crippen molar-refractivity contribution in [3.63, 3.8) is 0 Å². The van der Waals surface area contributed by atoms with E-state index in [1.165, 1.54) is 5.57 Å². The van der Waals surface area contributed by atoms with Gasteiger partial charge in [-0.2, -0.15) is 0 Å². The molecule has 1 rings (SSSR count). The first-order valence-electron chi connectivity index (χ1n) is 5.73. The summed E-state index contributed by atoms with van der Waals surface area (Å²) >= 11 is 0. The molecular weight excluding hydrogens is 194 g/mol. The van der Waals surface area contributed by atoms with E-state index in [2.05, 4.69) is 50.0 Å². The molecule has 0 heterocycles. The summed E-state index contributed by atoms with van der Waals surface area (Å²) in [5.74, 6) is 0.488. The molecule has 1 nitrogen and oxygen atoms in total. The van der Waals surface area contributed by atoms with Crippen LogP contribution in [0.1, 0.15) is 20.3 Å². The molecule has 1 aliphatic rings. The van der Waals surface area contributed by atoms with Crippen molar-refractivity contribution >= 4 is 0 Å². The molecule has 1 N–H and O–H groups in total. The highest BCUT2D eigenvalue weighted by molar-refractivity contribution is 5.40. The van der Waals surface area contributed by atoms with E-state index >= 15 is 0 Å². The topological polar surface area (TPSA) is 12.0 Å². The van der Waals surface area contributed by atoms with Gasteiger partial charge in [0.2, 0.25) is 0 Å². The second kappa shape index (κ2) is 6.16. The van der Waals surface area contributed by atoms with Gasteiger partial charge in [0.05, 0.1) is 0 Å². The quantitative estimate of drug-likeness (QED) is 0.657. The van der Waals surface area contributed by atoms with Crippen molar-refractivity contribution in [1.82, 2.24) is 5.32 Å². The van der Waals surface area contributed by atoms with Crippen LogP contribution in [-0.4, -0.2) is 7.05 Å². The molecule has 0 aromatic carbocycles. The summed E-state index contributed by atoms with van der Waals surface area (Å²) in [5, 5.41) is 3.22. The molecule has 1 unspecified atom stereocenters. The maximum Gasteiger partial charge on any atom is 0.0397 e. The van der Waals surface area contributed by atoms with Crippen LogP contribution in [0.15, 0.2) is 59.9 Å². The zero-order chi connectivity index (χ0) is 12.0. The average Bonchev–Trinajstić information content (AvgIpc) is 2.26. The van der Waals surface area contributed by atoms with Gasteiger partial charge in [0.25, 0.3) is 0 Å². The van der Waals surface area contributed by atoms with Gasteiger partial charge >= 0.3 is 0 Å². The maximum absolute atomic E-state index is 4.08. The van der Waals surface area contributed by atoms with Crippen LogP contribution < -0.4 is 5.32 Å². The Kier molecular flexibility index (Phi) is 4.84. The van der Waals surface area contributed by atoms with Gasteiger partial charge in [0.1, 0.15) is 0 Å². The monoisotopic (exact) mass is 215 g/mol. The largest absolute Gasteiger partial charge is 0.388 e. The van der Waals surface area contributed by atoms with Crippen molar-refractivity contribution in [2.45, 2.75) is 20.3 Å². The second-order valence-corrected chi connectivity index (χ2v) is 4.17. The van der Waals surface area contributed by atoms with E-state index in [4.69, 9.17) is 0 Å². The van der Waals surface area contributed by atoms with Crippen molar-refractivity contribution in [2.75, 3.05) is 7.05 Å². The van der Waals surface area contributed by atoms with Crippen LogP contribution in [0, 0.1) is 5.92 Å². The molecule has 0 radical (unpaired) electrons. The first-order valence-corrected chi connectivity index (χ1v) is 5.73. The van der Waals surface area contributed by atoms with Crippen LogP contribution in [0.25, 0.3) is 0 Å². The lowest BCUT2D eigenvalue weighted by atomic mass is 10.1. The number of rotatable bonds is 1. The lowest BCUT2D eigenvalue weighted by Crippen LogP contribution is -2.09. The molecule has 0 saturated carbocycles. The van der Waals surface area contributed by atoms with Gasteiger partial charge < -0.3 is 5.32 Å². The van der Waals surface area contributed by atoms with E-state index in [1.54, 1.807) is 0 Å². The smallest absolute Gasteiger partial charge is 0.0397 e. The summed E-state index contributed by atoms with van der Waals surface area (Å²) in [4.78, 5) is 0. The van der Waals surface area contributed by atoms with E-state index < -0.39 is 0 Å². The predicted molar refractivity (Wildman–Crippen MR) is 72.1 cm³/mol. The SMILES string of the molecule is C=C1/C=C\C=C/C(C)/C=C\CC(C)=C1NC. The third kappa shape index (κ3) is 3.58. The molecule has 86 valence electrons. The summed E-state index contributed by atoms with van der Waals surface area (Å²) < 4.78 is 0. The summed E-state index contributed by atoms with van der Waals surface area (Å²) in [6.45, 7) is 8.41. The van der Waals surface area contributed by atoms with Crippen LogP contribution >= 0.6 is 0 Å². The highest BCUT2D eigenvalue weighted by atomic mass is 14.8. The van der Waals surface area contributed by atoms with Crippen LogP contribution in [0.4, 0.5) is 0 Å². The molecule has 1 heteroatoms. The molecule has 0 bridgehead atoms. The number of hydrogen-bond donors (Lipinski definition) is 1. The van der Waals surface area contributed by atoms with Crippen molar-refractivity contribution in [1.29, 1.82) is 0 Å². The van der Waals surface area contributed by atoms with E-state index in [-0.39, 0.29) is 0 Å². The molecular formula is C15H21N. The number of hydrogen-bond acceptors (Lipinski definition) is 1. The average molecular weight is 215 g/mol. The number of nitrogens with one attached hydrogen (secondary N) is 1. The van der Waals surface area contributed by atoms with Gasteiger partial charge in [0, 0.05) is 12.7 Å². The molecule has 0 fully saturated rings. The zero-order valence-electron chi connectivity index (χ0n) is 10.5. The van der Waals surface area contributed by atoms with Crippen LogP contribution in [0.3, 0.4) is 0 Å². The fourth-order valence-electron chi connectivity index (χ4n) is 1.77. The van der Waals surface area contributed by atoms with E-state index in [0.717, 1.165) is 17.7 Å². The van der Waals surface area contributed by atoms with Crippen LogP contribution in [0.2, 0.25) is 0 Å². The van der Waals surface area contributed by atoms with Crippen LogP contribution in [-0.2, 0) is 0 Å². The fraction of sp³-hybridized carbons (Fsp3) is 0.333. The van der Waals surface area contributed by atoms with Crippen molar-refractivity contribution < 1.29 is 0 Å². The van der Waals surface area contributed by atoms with Gasteiger partial charge in [-0.25, -0.2) is 0 Å². The lowest BCUT2D eigenvalue weighted by Gasteiger charge is -2.10. The maximum atomic E-state index is 4.08. The Bertz CT molecular complexity index is 367. The summed E-state index contributed by atoms with van der Waals surface area (Å²) in [5.41, 5.74) is 3.50. The Labute approximate surface area is 98.9 Å². The molecule has 1 atom stereocenters. The van der Waals surface area contributed by atoms with Gasteiger partial charge in [0.15, 0.2) is 0 Å². The molecule has 0 saturated heterocycles. The molecule has 1 aliphatic carbocycles. The Balaban J connectivity index is 3.03. The molecule has 0 amide bonds. The highest BCUT2D eigenvalue weighted by Crippen LogP contribution is 2.16. The summed E-state index contributed by atoms with van der Waals surface area (Å²) in [7, 11) is 1.94. The minimum atomic E-state index is 0.488. The third-order valence-corrected chi connectivity index (χ3v) is 2.68. The lowest BCUT2D eigenvalue weighted by molar-refractivity contribution is 0.925. The molecule has 0 aromatic heterocycles. The minimum absolute atomic E-state index is 0.488. The molecule has 16 heavy (non-hydrogen) atoms. The van der Waals surface area contributed by atoms with Gasteiger partial charge in [-0.15, -0.1) is 0 Å². The fourth-order valence-corrected chi connectivity index (χ4v) is 1.77. The number of allylic oxidation sites excluding steroid dienone is 7. The zero-order valence-corrected chi connectivity index (χ0v) is 10.5. The van der Waals surface area contributed by atoms with E-state index in [9.17, 15) is 0 Å². The minimum Gasteiger partial charge on any atom is -0.388 e. The Morgan fingerprint density at radius 1 is 1.31 bits per heavy atom. The van der Waals surface area contributed by atoms with Crippen molar-refractivity contribution in [3.05, 3.63) is 59.9 Å². The summed E-state index contributed by atoms with van der Waals surface area (Å²) in [6, 6.07) is 0. The Morgan fingerprint density at radius 3 is 2.75 bits per heavy atom. The highest BCUT2D eigenvalue weighted by Gasteiger charge is 2.02. The Hall–Kier alpha value is -1.50. The standard InChI is InChI=1S/C15H21N/c1-12-8-5-6-10-13(2)15(16-4)14(3)11-7-9-12/h5-10,12,16H,2,11H2,1,3-4H3/b8-5-,9-7-,10-6-,15-14?. The molecule has 0 aliphatic heterocycles. The van der Waals surface area contributed by atoms with E-state index in [0.29, 0.717) is 5.92 Å². The Morgan fingerprint density at radius 2 is 2.06 bits per heavy atom. The first kappa shape index (κ1) is 12.6. The van der Waals surface area contributed by atoms with Gasteiger partial charge in [-0.3, -0.25) is 0 Å². The van der Waals surface area contributed by atoms with Gasteiger partial charge in [-0.1, -0.05) is 50.0 Å². The second-order valence-electron chi connectivity index (χ2n) is 4.17. The normalized spacial score (nSPS) is 28.2. The first-order chi connectivity index (χ1) is 7.65. The third-order valence-electron chi connectivity index (χ3n) is 2.68. The predicted octanol–water partition coefficient (Wildman–Crippen LogP) is 3.74. The van der Waals surface area contributed by atoms with Crippen molar-refractivity contribution in [3.8, 4) is 0 Å².